The van der Waals surface area contributed by atoms with Crippen molar-refractivity contribution in [3.8, 4) is 0 Å². The number of anilines is 2. The van der Waals surface area contributed by atoms with Crippen LogP contribution in [0, 0.1) is 0 Å². The van der Waals surface area contributed by atoms with Crippen LogP contribution in [0.3, 0.4) is 0 Å². The van der Waals surface area contributed by atoms with Crippen LogP contribution in [0.15, 0.2) is 47.4 Å². The lowest BCUT2D eigenvalue weighted by Crippen LogP contribution is -2.37. The van der Waals surface area contributed by atoms with Crippen LogP contribution in [0.25, 0.3) is 0 Å². The highest BCUT2D eigenvalue weighted by Gasteiger charge is 2.23. The minimum Gasteiger partial charge on any atom is -0.323 e. The largest absolute Gasteiger partial charge is 0.323 e. The highest BCUT2D eigenvalue weighted by atomic mass is 35.5. The van der Waals surface area contributed by atoms with E-state index in [1.54, 1.807) is 12.1 Å². The second kappa shape index (κ2) is 8.88. The Bertz CT molecular complexity index is 1120. The summed E-state index contributed by atoms with van der Waals surface area (Å²) in [6.45, 7) is -0.540. The summed E-state index contributed by atoms with van der Waals surface area (Å²) in [7, 11) is -4.73. The van der Waals surface area contributed by atoms with Crippen molar-refractivity contribution in [2.75, 3.05) is 36.5 Å². The summed E-state index contributed by atoms with van der Waals surface area (Å²) in [5.74, 6) is -0.649. The minimum absolute atomic E-state index is 0.00476. The average molecular weight is 480 g/mol. The Morgan fingerprint density at radius 2 is 1.59 bits per heavy atom. The van der Waals surface area contributed by atoms with Gasteiger partial charge in [0.15, 0.2) is 0 Å². The molecular weight excluding hydrogens is 461 g/mol. The van der Waals surface area contributed by atoms with Crippen molar-refractivity contribution in [3.05, 3.63) is 52.5 Å². The maximum atomic E-state index is 12.4. The molecule has 29 heavy (non-hydrogen) atoms. The second-order valence-corrected chi connectivity index (χ2v) is 11.0. The molecule has 2 aromatic carbocycles. The number of amides is 1. The highest BCUT2D eigenvalue weighted by Crippen LogP contribution is 2.29. The molecule has 0 atom stereocenters. The molecule has 0 fully saturated rings. The first kappa shape index (κ1) is 23.4. The SMILES string of the molecule is CN(C)S(=O)(=O)c1ccc(N(CC(=O)Nc2cccc(Cl)c2Cl)S(C)(=O)=O)cc1. The fraction of sp³-hybridized carbons (Fsp3) is 0.235. The van der Waals surface area contributed by atoms with Crippen LogP contribution in [0.2, 0.25) is 10.0 Å². The van der Waals surface area contributed by atoms with Gasteiger partial charge in [0, 0.05) is 14.1 Å². The van der Waals surface area contributed by atoms with Crippen molar-refractivity contribution >= 4 is 60.5 Å². The van der Waals surface area contributed by atoms with E-state index in [9.17, 15) is 21.6 Å². The smallest absolute Gasteiger partial charge is 0.245 e. The van der Waals surface area contributed by atoms with Gasteiger partial charge in [0.1, 0.15) is 6.54 Å². The molecule has 158 valence electrons. The van der Waals surface area contributed by atoms with E-state index in [1.807, 2.05) is 0 Å². The van der Waals surface area contributed by atoms with Gasteiger partial charge in [-0.15, -0.1) is 0 Å². The summed E-state index contributed by atoms with van der Waals surface area (Å²) >= 11 is 11.9. The van der Waals surface area contributed by atoms with Gasteiger partial charge in [-0.1, -0.05) is 29.3 Å². The molecule has 0 unspecified atom stereocenters. The van der Waals surface area contributed by atoms with Gasteiger partial charge in [-0.3, -0.25) is 9.10 Å². The molecule has 0 aliphatic rings. The molecule has 0 aliphatic carbocycles. The maximum absolute atomic E-state index is 12.4. The lowest BCUT2D eigenvalue weighted by atomic mass is 10.3. The van der Waals surface area contributed by atoms with E-state index in [0.717, 1.165) is 14.9 Å². The third-order valence-electron chi connectivity index (χ3n) is 3.82. The number of nitrogens with one attached hydrogen (secondary N) is 1. The van der Waals surface area contributed by atoms with Crippen molar-refractivity contribution in [3.63, 3.8) is 0 Å². The number of hydrogen-bond acceptors (Lipinski definition) is 5. The first-order valence-corrected chi connectivity index (χ1v) is 12.1. The lowest BCUT2D eigenvalue weighted by Gasteiger charge is -2.22. The molecule has 1 amide bonds. The van der Waals surface area contributed by atoms with E-state index in [0.29, 0.717) is 0 Å². The van der Waals surface area contributed by atoms with Gasteiger partial charge in [-0.25, -0.2) is 21.1 Å². The van der Waals surface area contributed by atoms with Crippen molar-refractivity contribution in [2.24, 2.45) is 0 Å². The van der Waals surface area contributed by atoms with Crippen LogP contribution in [0.4, 0.5) is 11.4 Å². The fourth-order valence-corrected chi connectivity index (χ4v) is 4.42. The molecule has 2 rings (SSSR count). The highest BCUT2D eigenvalue weighted by molar-refractivity contribution is 7.92. The molecule has 0 aromatic heterocycles. The molecule has 12 heteroatoms. The summed E-state index contributed by atoms with van der Waals surface area (Å²) in [6, 6.07) is 9.84. The quantitative estimate of drug-likeness (QED) is 0.656. The van der Waals surface area contributed by atoms with E-state index < -0.39 is 32.5 Å². The number of rotatable bonds is 7. The first-order chi connectivity index (χ1) is 13.3. The van der Waals surface area contributed by atoms with Crippen molar-refractivity contribution in [1.29, 1.82) is 0 Å². The van der Waals surface area contributed by atoms with Crippen molar-refractivity contribution < 1.29 is 21.6 Å². The van der Waals surface area contributed by atoms with Gasteiger partial charge in [0.25, 0.3) is 0 Å². The molecule has 8 nitrogen and oxygen atoms in total. The third kappa shape index (κ3) is 5.61. The Kier molecular flexibility index (Phi) is 7.18. The zero-order valence-corrected chi connectivity index (χ0v) is 18.9. The summed E-state index contributed by atoms with van der Waals surface area (Å²) < 4.78 is 50.6. The van der Waals surface area contributed by atoms with E-state index in [2.05, 4.69) is 5.32 Å². The zero-order valence-electron chi connectivity index (χ0n) is 15.8. The summed E-state index contributed by atoms with van der Waals surface area (Å²) in [5, 5.41) is 2.88. The third-order valence-corrected chi connectivity index (χ3v) is 7.61. The Morgan fingerprint density at radius 3 is 2.10 bits per heavy atom. The molecule has 0 spiro atoms. The van der Waals surface area contributed by atoms with Crippen LogP contribution >= 0.6 is 23.2 Å². The van der Waals surface area contributed by atoms with Gasteiger partial charge >= 0.3 is 0 Å². The molecule has 2 aromatic rings. The Balaban J connectivity index is 2.29. The molecule has 0 saturated carbocycles. The second-order valence-electron chi connectivity index (χ2n) is 6.20. The normalized spacial score (nSPS) is 12.1. The average Bonchev–Trinajstić information content (AvgIpc) is 2.62. The van der Waals surface area contributed by atoms with Crippen LogP contribution in [0.1, 0.15) is 0 Å². The van der Waals surface area contributed by atoms with Crippen molar-refractivity contribution in [2.45, 2.75) is 4.90 Å². The number of sulfonamides is 2. The van der Waals surface area contributed by atoms with E-state index in [4.69, 9.17) is 23.2 Å². The number of nitrogens with zero attached hydrogens (tertiary/aromatic N) is 2. The van der Waals surface area contributed by atoms with Gasteiger partial charge in [-0.2, -0.15) is 0 Å². The zero-order chi connectivity index (χ0) is 22.0. The monoisotopic (exact) mass is 479 g/mol. The van der Waals surface area contributed by atoms with Crippen LogP contribution in [-0.4, -0.2) is 53.9 Å². The molecule has 0 saturated heterocycles. The minimum atomic E-state index is -3.83. The number of carbonyl (C=O) groups is 1. The van der Waals surface area contributed by atoms with Crippen LogP contribution < -0.4 is 9.62 Å². The van der Waals surface area contributed by atoms with E-state index >= 15 is 0 Å². The fourth-order valence-electron chi connectivity index (χ4n) is 2.32. The van der Waals surface area contributed by atoms with Gasteiger partial charge < -0.3 is 5.32 Å². The Hall–Kier alpha value is -1.85. The van der Waals surface area contributed by atoms with Gasteiger partial charge in [0.2, 0.25) is 26.0 Å². The standard InChI is InChI=1S/C17H19Cl2N3O5S2/c1-21(2)29(26,27)13-9-7-12(8-10-13)22(28(3,24)25)11-16(23)20-15-6-4-5-14(18)17(15)19/h4-10H,11H2,1-3H3,(H,20,23). The summed E-state index contributed by atoms with van der Waals surface area (Å²) in [4.78, 5) is 12.4. The number of benzene rings is 2. The van der Waals surface area contributed by atoms with Crippen molar-refractivity contribution in [1.82, 2.24) is 4.31 Å². The lowest BCUT2D eigenvalue weighted by molar-refractivity contribution is -0.114. The molecule has 0 heterocycles. The van der Waals surface area contributed by atoms with Gasteiger partial charge in [-0.05, 0) is 36.4 Å². The molecule has 0 bridgehead atoms. The van der Waals surface area contributed by atoms with E-state index in [1.165, 1.54) is 44.4 Å². The summed E-state index contributed by atoms with van der Waals surface area (Å²) in [5.41, 5.74) is 0.377. The van der Waals surface area contributed by atoms with E-state index in [-0.39, 0.29) is 26.3 Å². The Labute approximate surface area is 180 Å². The molecule has 1 N–H and O–H groups in total. The topological polar surface area (TPSA) is 104 Å². The maximum Gasteiger partial charge on any atom is 0.245 e. The molecule has 0 aliphatic heterocycles. The summed E-state index contributed by atoms with van der Waals surface area (Å²) in [6.07, 6.45) is 0.942. The van der Waals surface area contributed by atoms with Crippen LogP contribution in [0.5, 0.6) is 0 Å². The Morgan fingerprint density at radius 1 is 1.00 bits per heavy atom. The predicted octanol–water partition coefficient (Wildman–Crippen LogP) is 2.65. The number of carbonyl (C=O) groups excluding carboxylic acids is 1. The number of hydrogen-bond donors (Lipinski definition) is 1. The molecule has 0 radical (unpaired) electrons. The predicted molar refractivity (Wildman–Crippen MR) is 115 cm³/mol. The number of halogens is 2. The van der Waals surface area contributed by atoms with Crippen LogP contribution in [-0.2, 0) is 24.8 Å². The first-order valence-electron chi connectivity index (χ1n) is 8.08. The molecular formula is C17H19Cl2N3O5S2. The van der Waals surface area contributed by atoms with Gasteiger partial charge in [0.05, 0.1) is 32.6 Å².